The van der Waals surface area contributed by atoms with Crippen molar-refractivity contribution in [2.75, 3.05) is 11.9 Å². The molecule has 1 heterocycles. The fourth-order valence-electron chi connectivity index (χ4n) is 1.57. The number of benzene rings is 1. The molecule has 20 heavy (non-hydrogen) atoms. The minimum atomic E-state index is -0.471. The maximum Gasteiger partial charge on any atom is 0.261 e. The van der Waals surface area contributed by atoms with Crippen molar-refractivity contribution in [1.29, 1.82) is 0 Å². The largest absolute Gasteiger partial charge is 0.384 e. The first kappa shape index (κ1) is 13.6. The van der Waals surface area contributed by atoms with Gasteiger partial charge in [0.2, 0.25) is 0 Å². The normalized spacial score (nSPS) is 9.45. The lowest BCUT2D eigenvalue weighted by atomic mass is 10.2. The molecule has 5 heteroatoms. The second kappa shape index (κ2) is 6.36. The molecule has 0 aliphatic rings. The number of nitrogens with one attached hydrogen (secondary N) is 2. The summed E-state index contributed by atoms with van der Waals surface area (Å²) in [4.78, 5) is 26.1. The molecule has 0 bridgehead atoms. The number of rotatable bonds is 2. The van der Waals surface area contributed by atoms with E-state index in [9.17, 15) is 9.59 Å². The van der Waals surface area contributed by atoms with E-state index < -0.39 is 5.91 Å². The molecule has 0 unspecified atom stereocenters. The van der Waals surface area contributed by atoms with Gasteiger partial charge in [-0.2, -0.15) is 0 Å². The highest BCUT2D eigenvalue weighted by Gasteiger charge is 2.09. The van der Waals surface area contributed by atoms with E-state index in [0.717, 1.165) is 5.56 Å². The molecule has 0 fully saturated rings. The Morgan fingerprint density at radius 1 is 1.25 bits per heavy atom. The van der Waals surface area contributed by atoms with E-state index in [4.69, 9.17) is 5.11 Å². The summed E-state index contributed by atoms with van der Waals surface area (Å²) < 4.78 is 0. The number of aromatic amines is 1. The van der Waals surface area contributed by atoms with E-state index in [1.807, 2.05) is 0 Å². The van der Waals surface area contributed by atoms with Crippen LogP contribution in [-0.2, 0) is 0 Å². The van der Waals surface area contributed by atoms with Crippen LogP contribution in [0.15, 0.2) is 47.5 Å². The summed E-state index contributed by atoms with van der Waals surface area (Å²) in [5, 5.41) is 11.2. The van der Waals surface area contributed by atoms with Crippen molar-refractivity contribution < 1.29 is 9.90 Å². The van der Waals surface area contributed by atoms with E-state index in [1.165, 1.54) is 18.5 Å². The SMILES string of the molecule is O=C(Nc1ccc(C#CCO)cc1)c1c[nH]ccc1=O. The number of pyridine rings is 1. The van der Waals surface area contributed by atoms with Crippen molar-refractivity contribution in [2.24, 2.45) is 0 Å². The lowest BCUT2D eigenvalue weighted by molar-refractivity contribution is 0.102. The fourth-order valence-corrected chi connectivity index (χ4v) is 1.57. The monoisotopic (exact) mass is 268 g/mol. The van der Waals surface area contributed by atoms with Gasteiger partial charge in [-0.15, -0.1) is 0 Å². The van der Waals surface area contributed by atoms with Gasteiger partial charge < -0.3 is 15.4 Å². The molecule has 1 aromatic heterocycles. The number of anilines is 1. The Labute approximate surface area is 115 Å². The topological polar surface area (TPSA) is 82.2 Å². The van der Waals surface area contributed by atoms with Crippen LogP contribution < -0.4 is 10.7 Å². The Hall–Kier alpha value is -2.84. The van der Waals surface area contributed by atoms with Crippen molar-refractivity contribution in [3.8, 4) is 11.8 Å². The van der Waals surface area contributed by atoms with Crippen LogP contribution in [-0.4, -0.2) is 22.6 Å². The Kier molecular flexibility index (Phi) is 4.32. The lowest BCUT2D eigenvalue weighted by Gasteiger charge is -2.04. The smallest absolute Gasteiger partial charge is 0.261 e. The third-order valence-electron chi connectivity index (χ3n) is 2.52. The minimum absolute atomic E-state index is 0.0525. The summed E-state index contributed by atoms with van der Waals surface area (Å²) in [6.45, 7) is -0.199. The predicted octanol–water partition coefficient (Wildman–Crippen LogP) is 0.971. The highest BCUT2D eigenvalue weighted by molar-refractivity contribution is 6.03. The van der Waals surface area contributed by atoms with Crippen LogP contribution >= 0.6 is 0 Å². The highest BCUT2D eigenvalue weighted by Crippen LogP contribution is 2.09. The fraction of sp³-hybridized carbons (Fsp3) is 0.0667. The van der Waals surface area contributed by atoms with Crippen molar-refractivity contribution in [3.63, 3.8) is 0 Å². The molecule has 0 saturated carbocycles. The number of amides is 1. The molecule has 0 aliphatic carbocycles. The van der Waals surface area contributed by atoms with Gasteiger partial charge in [0, 0.05) is 29.7 Å². The number of aliphatic hydroxyl groups is 1. The Bertz CT molecular complexity index is 721. The number of carbonyl (C=O) groups is 1. The quantitative estimate of drug-likeness (QED) is 0.710. The summed E-state index contributed by atoms with van der Waals surface area (Å²) >= 11 is 0. The van der Waals surface area contributed by atoms with Crippen LogP contribution in [0.2, 0.25) is 0 Å². The van der Waals surface area contributed by atoms with E-state index in [-0.39, 0.29) is 17.6 Å². The first-order valence-electron chi connectivity index (χ1n) is 5.89. The van der Waals surface area contributed by atoms with Crippen molar-refractivity contribution in [1.82, 2.24) is 4.98 Å². The van der Waals surface area contributed by atoms with Gasteiger partial charge in [0.1, 0.15) is 12.2 Å². The van der Waals surface area contributed by atoms with Crippen LogP contribution in [0.25, 0.3) is 0 Å². The molecule has 5 nitrogen and oxygen atoms in total. The predicted molar refractivity (Wildman–Crippen MR) is 75.4 cm³/mol. The van der Waals surface area contributed by atoms with Crippen LogP contribution in [0.4, 0.5) is 5.69 Å². The van der Waals surface area contributed by atoms with Gasteiger partial charge in [0.25, 0.3) is 5.91 Å². The molecule has 0 aliphatic heterocycles. The average Bonchev–Trinajstić information content (AvgIpc) is 2.47. The first-order chi connectivity index (χ1) is 9.70. The van der Waals surface area contributed by atoms with E-state index in [1.54, 1.807) is 24.3 Å². The second-order valence-corrected chi connectivity index (χ2v) is 3.91. The molecule has 0 radical (unpaired) electrons. The Morgan fingerprint density at radius 2 is 2.00 bits per heavy atom. The number of hydrogen-bond donors (Lipinski definition) is 3. The number of aromatic nitrogens is 1. The van der Waals surface area contributed by atoms with Gasteiger partial charge in [-0.25, -0.2) is 0 Å². The van der Waals surface area contributed by atoms with Crippen LogP contribution in [0, 0.1) is 11.8 Å². The molecule has 100 valence electrons. The molecular formula is C15H12N2O3. The zero-order chi connectivity index (χ0) is 14.4. The van der Waals surface area contributed by atoms with Crippen LogP contribution in [0.1, 0.15) is 15.9 Å². The molecule has 2 rings (SSSR count). The Morgan fingerprint density at radius 3 is 2.65 bits per heavy atom. The number of hydrogen-bond acceptors (Lipinski definition) is 3. The van der Waals surface area contributed by atoms with Crippen molar-refractivity contribution >= 4 is 11.6 Å². The van der Waals surface area contributed by atoms with Gasteiger partial charge in [0.05, 0.1) is 0 Å². The summed E-state index contributed by atoms with van der Waals surface area (Å²) in [6, 6.07) is 8.08. The van der Waals surface area contributed by atoms with Gasteiger partial charge in [0.15, 0.2) is 5.43 Å². The number of aliphatic hydroxyl groups excluding tert-OH is 1. The second-order valence-electron chi connectivity index (χ2n) is 3.91. The summed E-state index contributed by atoms with van der Waals surface area (Å²) in [5.74, 6) is 4.81. The number of carbonyl (C=O) groups excluding carboxylic acids is 1. The third-order valence-corrected chi connectivity index (χ3v) is 2.52. The molecule has 0 saturated heterocycles. The summed E-state index contributed by atoms with van der Waals surface area (Å²) in [5.41, 5.74) is 1.01. The summed E-state index contributed by atoms with van der Waals surface area (Å²) in [6.07, 6.45) is 2.83. The zero-order valence-corrected chi connectivity index (χ0v) is 10.5. The van der Waals surface area contributed by atoms with Gasteiger partial charge in [-0.3, -0.25) is 9.59 Å². The standard InChI is InChI=1S/C15H12N2O3/c18-9-1-2-11-3-5-12(6-4-11)17-15(20)13-10-16-8-7-14(13)19/h3-8,10,18H,9H2,(H,16,19)(H,17,20). The van der Waals surface area contributed by atoms with Crippen molar-refractivity contribution in [2.45, 2.75) is 0 Å². The first-order valence-corrected chi connectivity index (χ1v) is 5.89. The molecular weight excluding hydrogens is 256 g/mol. The maximum atomic E-state index is 11.9. The van der Waals surface area contributed by atoms with Crippen LogP contribution in [0.3, 0.4) is 0 Å². The molecule has 2 aromatic rings. The van der Waals surface area contributed by atoms with Gasteiger partial charge in [-0.05, 0) is 24.3 Å². The molecule has 1 amide bonds. The van der Waals surface area contributed by atoms with Gasteiger partial charge in [-0.1, -0.05) is 11.8 Å². The van der Waals surface area contributed by atoms with E-state index in [0.29, 0.717) is 5.69 Å². The average molecular weight is 268 g/mol. The molecule has 1 aromatic carbocycles. The number of H-pyrrole nitrogens is 1. The van der Waals surface area contributed by atoms with Crippen molar-refractivity contribution in [3.05, 3.63) is 64.1 Å². The molecule has 0 spiro atoms. The maximum absolute atomic E-state index is 11.9. The minimum Gasteiger partial charge on any atom is -0.384 e. The zero-order valence-electron chi connectivity index (χ0n) is 10.5. The third kappa shape index (κ3) is 3.34. The lowest BCUT2D eigenvalue weighted by Crippen LogP contribution is -2.20. The summed E-state index contributed by atoms with van der Waals surface area (Å²) in [7, 11) is 0. The Balaban J connectivity index is 2.13. The van der Waals surface area contributed by atoms with E-state index >= 15 is 0 Å². The van der Waals surface area contributed by atoms with Crippen LogP contribution in [0.5, 0.6) is 0 Å². The highest BCUT2D eigenvalue weighted by atomic mass is 16.2. The van der Waals surface area contributed by atoms with E-state index in [2.05, 4.69) is 22.1 Å². The molecule has 3 N–H and O–H groups in total. The molecule has 0 atom stereocenters. The van der Waals surface area contributed by atoms with Gasteiger partial charge >= 0.3 is 0 Å².